The highest BCUT2D eigenvalue weighted by Gasteiger charge is 2.21. The highest BCUT2D eigenvalue weighted by atomic mass is 15.0. The number of hydrogen-bond acceptors (Lipinski definition) is 2. The first-order valence-electron chi connectivity index (χ1n) is 18.8. The van der Waals surface area contributed by atoms with Crippen LogP contribution < -0.4 is 0 Å². The molecule has 11 rings (SSSR count). The highest BCUT2D eigenvalue weighted by molar-refractivity contribution is 6.38. The van der Waals surface area contributed by atoms with Gasteiger partial charge in [0.25, 0.3) is 0 Å². The Morgan fingerprint density at radius 2 is 0.836 bits per heavy atom. The van der Waals surface area contributed by atoms with E-state index in [1.54, 1.807) is 0 Å². The fourth-order valence-corrected chi connectivity index (χ4v) is 8.50. The third kappa shape index (κ3) is 5.05. The minimum Gasteiger partial charge on any atom is -0.309 e. The average molecular weight is 700 g/mol. The van der Waals surface area contributed by atoms with Crippen molar-refractivity contribution in [1.29, 1.82) is 0 Å². The van der Waals surface area contributed by atoms with Crippen LogP contribution in [0.5, 0.6) is 0 Å². The zero-order valence-electron chi connectivity index (χ0n) is 29.9. The maximum atomic E-state index is 5.09. The molecule has 9 aromatic carbocycles. The van der Waals surface area contributed by atoms with E-state index in [0.29, 0.717) is 5.82 Å². The second-order valence-corrected chi connectivity index (χ2v) is 14.1. The largest absolute Gasteiger partial charge is 0.309 e. The molecule has 0 saturated carbocycles. The summed E-state index contributed by atoms with van der Waals surface area (Å²) in [5.74, 6) is 0.716. The third-order valence-corrected chi connectivity index (χ3v) is 11.0. The summed E-state index contributed by atoms with van der Waals surface area (Å²) in [5, 5.41) is 10.1. The van der Waals surface area contributed by atoms with E-state index in [1.807, 2.05) is 24.3 Å². The minimum absolute atomic E-state index is 0.716. The van der Waals surface area contributed by atoms with Gasteiger partial charge in [-0.1, -0.05) is 170 Å². The molecule has 0 N–H and O–H groups in total. The number of aromatic nitrogens is 3. The van der Waals surface area contributed by atoms with Crippen LogP contribution in [0.15, 0.2) is 200 Å². The summed E-state index contributed by atoms with van der Waals surface area (Å²) in [6, 6.07) is 71.4. The summed E-state index contributed by atoms with van der Waals surface area (Å²) < 4.78 is 2.45. The molecule has 0 saturated heterocycles. The SMILES string of the molecule is c1ccc(-c2cc(-c3ccc(-c4cc5c6ccccc6c6c(c7ccccc7n6-c6ccccc6)c5c5ccccc45)cc3)nc(-c3ccccc3)n2)cc1. The summed E-state index contributed by atoms with van der Waals surface area (Å²) in [7, 11) is 0. The van der Waals surface area contributed by atoms with Gasteiger partial charge in [-0.25, -0.2) is 9.97 Å². The zero-order chi connectivity index (χ0) is 36.3. The predicted molar refractivity (Wildman–Crippen MR) is 231 cm³/mol. The molecule has 0 spiro atoms. The molecular formula is C52H33N3. The number of rotatable bonds is 5. The molecule has 256 valence electrons. The summed E-state index contributed by atoms with van der Waals surface area (Å²) >= 11 is 0. The molecule has 0 aliphatic carbocycles. The van der Waals surface area contributed by atoms with E-state index in [9.17, 15) is 0 Å². The van der Waals surface area contributed by atoms with Gasteiger partial charge in [0.05, 0.1) is 22.4 Å². The Labute approximate surface area is 318 Å². The Balaban J connectivity index is 1.14. The summed E-state index contributed by atoms with van der Waals surface area (Å²) in [4.78, 5) is 10.1. The van der Waals surface area contributed by atoms with Gasteiger partial charge in [-0.2, -0.15) is 0 Å². The Bertz CT molecular complexity index is 3160. The van der Waals surface area contributed by atoms with Crippen molar-refractivity contribution in [1.82, 2.24) is 14.5 Å². The molecule has 0 atom stereocenters. The van der Waals surface area contributed by atoms with Crippen molar-refractivity contribution >= 4 is 54.1 Å². The maximum absolute atomic E-state index is 5.09. The molecule has 2 heterocycles. The monoisotopic (exact) mass is 699 g/mol. The molecule has 0 radical (unpaired) electrons. The predicted octanol–water partition coefficient (Wildman–Crippen LogP) is 13.7. The molecule has 0 aliphatic rings. The normalized spacial score (nSPS) is 11.6. The standard InChI is InChI=1S/C52H33N3/c1-4-16-35(17-5-1)46-33-47(54-52(53-46)37-18-6-2-7-19-37)36-30-28-34(29-31-36)44-32-45-40-23-11-13-25-42(40)51-50(49(45)41-24-12-10-22-39(41)44)43-26-14-15-27-48(43)55(51)38-20-8-3-9-21-38/h1-33H. The van der Waals surface area contributed by atoms with Crippen LogP contribution in [0.1, 0.15) is 0 Å². The summed E-state index contributed by atoms with van der Waals surface area (Å²) in [5.41, 5.74) is 10.9. The van der Waals surface area contributed by atoms with E-state index < -0.39 is 0 Å². The first-order chi connectivity index (χ1) is 27.3. The van der Waals surface area contributed by atoms with Crippen LogP contribution in [0.3, 0.4) is 0 Å². The van der Waals surface area contributed by atoms with Crippen molar-refractivity contribution < 1.29 is 0 Å². The quantitative estimate of drug-likeness (QED) is 0.167. The van der Waals surface area contributed by atoms with Crippen LogP contribution >= 0.6 is 0 Å². The molecule has 3 heteroatoms. The first-order valence-corrected chi connectivity index (χ1v) is 18.8. The van der Waals surface area contributed by atoms with Gasteiger partial charge in [0.1, 0.15) is 0 Å². The minimum atomic E-state index is 0.716. The van der Waals surface area contributed by atoms with Gasteiger partial charge in [0, 0.05) is 43.9 Å². The maximum Gasteiger partial charge on any atom is 0.160 e. The lowest BCUT2D eigenvalue weighted by atomic mass is 9.88. The Hall–Kier alpha value is -7.36. The van der Waals surface area contributed by atoms with Crippen LogP contribution in [-0.2, 0) is 0 Å². The molecule has 0 bridgehead atoms. The van der Waals surface area contributed by atoms with E-state index >= 15 is 0 Å². The van der Waals surface area contributed by atoms with Crippen LogP contribution in [-0.4, -0.2) is 14.5 Å². The Morgan fingerprint density at radius 3 is 1.53 bits per heavy atom. The number of para-hydroxylation sites is 2. The van der Waals surface area contributed by atoms with Crippen molar-refractivity contribution in [3.05, 3.63) is 200 Å². The topological polar surface area (TPSA) is 30.7 Å². The fraction of sp³-hybridized carbons (Fsp3) is 0. The molecule has 0 fully saturated rings. The molecule has 11 aromatic rings. The first kappa shape index (κ1) is 31.2. The van der Waals surface area contributed by atoms with Crippen molar-refractivity contribution in [2.24, 2.45) is 0 Å². The van der Waals surface area contributed by atoms with E-state index in [1.165, 1.54) is 65.3 Å². The van der Waals surface area contributed by atoms with E-state index in [2.05, 4.69) is 180 Å². The van der Waals surface area contributed by atoms with Crippen molar-refractivity contribution in [3.8, 4) is 50.7 Å². The van der Waals surface area contributed by atoms with Crippen molar-refractivity contribution in [3.63, 3.8) is 0 Å². The molecule has 2 aromatic heterocycles. The van der Waals surface area contributed by atoms with Crippen molar-refractivity contribution in [2.75, 3.05) is 0 Å². The van der Waals surface area contributed by atoms with E-state index in [-0.39, 0.29) is 0 Å². The van der Waals surface area contributed by atoms with Crippen LogP contribution in [0, 0.1) is 0 Å². The molecule has 0 aliphatic heterocycles. The second-order valence-electron chi connectivity index (χ2n) is 14.1. The number of fused-ring (bicyclic) bond motifs is 10. The lowest BCUT2D eigenvalue weighted by Crippen LogP contribution is -1.96. The summed E-state index contributed by atoms with van der Waals surface area (Å²) in [6.45, 7) is 0. The molecule has 0 amide bonds. The second kappa shape index (κ2) is 12.6. The Kier molecular flexibility index (Phi) is 7.17. The molecule has 0 unspecified atom stereocenters. The zero-order valence-corrected chi connectivity index (χ0v) is 29.9. The summed E-state index contributed by atoms with van der Waals surface area (Å²) in [6.07, 6.45) is 0. The Morgan fingerprint density at radius 1 is 0.327 bits per heavy atom. The van der Waals surface area contributed by atoms with Gasteiger partial charge in [-0.15, -0.1) is 0 Å². The van der Waals surface area contributed by atoms with Crippen LogP contribution in [0.2, 0.25) is 0 Å². The van der Waals surface area contributed by atoms with E-state index in [4.69, 9.17) is 9.97 Å². The smallest absolute Gasteiger partial charge is 0.160 e. The highest BCUT2D eigenvalue weighted by Crippen LogP contribution is 2.47. The average Bonchev–Trinajstić information content (AvgIpc) is 3.62. The third-order valence-electron chi connectivity index (χ3n) is 11.0. The van der Waals surface area contributed by atoms with Gasteiger partial charge in [-0.05, 0) is 63.0 Å². The number of nitrogens with zero attached hydrogens (tertiary/aromatic N) is 3. The lowest BCUT2D eigenvalue weighted by Gasteiger charge is -2.16. The van der Waals surface area contributed by atoms with Crippen LogP contribution in [0.4, 0.5) is 0 Å². The van der Waals surface area contributed by atoms with Gasteiger partial charge >= 0.3 is 0 Å². The van der Waals surface area contributed by atoms with Gasteiger partial charge in [0.15, 0.2) is 5.82 Å². The molecular weight excluding hydrogens is 667 g/mol. The number of benzene rings is 9. The fourth-order valence-electron chi connectivity index (χ4n) is 8.50. The lowest BCUT2D eigenvalue weighted by molar-refractivity contribution is 1.18. The van der Waals surface area contributed by atoms with Crippen molar-refractivity contribution in [2.45, 2.75) is 0 Å². The molecule has 55 heavy (non-hydrogen) atoms. The van der Waals surface area contributed by atoms with Gasteiger partial charge in [-0.3, -0.25) is 0 Å². The van der Waals surface area contributed by atoms with Crippen LogP contribution in [0.25, 0.3) is 105 Å². The van der Waals surface area contributed by atoms with E-state index in [0.717, 1.165) is 33.8 Å². The number of hydrogen-bond donors (Lipinski definition) is 0. The molecule has 3 nitrogen and oxygen atoms in total. The van der Waals surface area contributed by atoms with Gasteiger partial charge < -0.3 is 4.57 Å². The van der Waals surface area contributed by atoms with Gasteiger partial charge in [0.2, 0.25) is 0 Å².